The number of hydrogen-bond donors (Lipinski definition) is 2. The molecule has 0 saturated carbocycles. The number of carbonyl (C=O) groups excluding carboxylic acids is 1. The number of nitrogens with one attached hydrogen (secondary N) is 2. The Balaban J connectivity index is 1.65. The first-order chi connectivity index (χ1) is 12.2. The second-order valence-corrected chi connectivity index (χ2v) is 6.90. The average Bonchev–Trinajstić information content (AvgIpc) is 2.95. The van der Waals surface area contributed by atoms with Gasteiger partial charge in [-0.3, -0.25) is 4.79 Å². The quantitative estimate of drug-likeness (QED) is 0.581. The van der Waals surface area contributed by atoms with E-state index >= 15 is 0 Å². The Hall–Kier alpha value is -1.97. The van der Waals surface area contributed by atoms with Crippen LogP contribution in [0.2, 0.25) is 10.0 Å². The molecular weight excluding hydrogens is 412 g/mol. The van der Waals surface area contributed by atoms with Crippen molar-refractivity contribution in [3.63, 3.8) is 0 Å². The molecule has 3 rings (SSSR count). The lowest BCUT2D eigenvalue weighted by atomic mass is 10.2. The molecule has 0 unspecified atom stereocenters. The van der Waals surface area contributed by atoms with Crippen LogP contribution >= 0.6 is 35.0 Å². The molecule has 0 saturated heterocycles. The van der Waals surface area contributed by atoms with Crippen molar-refractivity contribution in [3.05, 3.63) is 46.1 Å². The number of H-pyrrole nitrogens is 1. The summed E-state index contributed by atoms with van der Waals surface area (Å²) in [5.41, 5.74) is 0.0630. The number of anilines is 1. The van der Waals surface area contributed by atoms with Gasteiger partial charge in [0.2, 0.25) is 5.91 Å². The van der Waals surface area contributed by atoms with Gasteiger partial charge in [-0.05, 0) is 24.3 Å². The predicted octanol–water partition coefficient (Wildman–Crippen LogP) is 5.01. The zero-order chi connectivity index (χ0) is 18.9. The Morgan fingerprint density at radius 3 is 2.77 bits per heavy atom. The zero-order valence-electron chi connectivity index (χ0n) is 12.7. The normalized spacial score (nSPS) is 11.7. The number of carbonyl (C=O) groups is 1. The second kappa shape index (κ2) is 7.34. The van der Waals surface area contributed by atoms with Gasteiger partial charge in [0.05, 0.1) is 26.9 Å². The smallest absolute Gasteiger partial charge is 0.331 e. The molecule has 1 aromatic carbocycles. The van der Waals surface area contributed by atoms with E-state index in [1.807, 2.05) is 0 Å². The molecule has 0 atom stereocenters. The summed E-state index contributed by atoms with van der Waals surface area (Å²) in [4.78, 5) is 23.1. The lowest BCUT2D eigenvalue weighted by Crippen LogP contribution is -2.15. The summed E-state index contributed by atoms with van der Waals surface area (Å²) >= 11 is 12.5. The van der Waals surface area contributed by atoms with Crippen LogP contribution in [0.5, 0.6) is 0 Å². The minimum Gasteiger partial charge on any atom is -0.331 e. The molecule has 0 spiro atoms. The van der Waals surface area contributed by atoms with E-state index in [2.05, 4.69) is 20.3 Å². The summed E-state index contributed by atoms with van der Waals surface area (Å²) < 4.78 is 38.5. The fourth-order valence-electron chi connectivity index (χ4n) is 2.07. The van der Waals surface area contributed by atoms with Crippen molar-refractivity contribution in [2.24, 2.45) is 0 Å². The number of hydrogen-bond acceptors (Lipinski definition) is 4. The van der Waals surface area contributed by atoms with Crippen LogP contribution in [-0.4, -0.2) is 26.6 Å². The maximum Gasteiger partial charge on any atom is 0.417 e. The van der Waals surface area contributed by atoms with Crippen LogP contribution in [0.25, 0.3) is 11.2 Å². The number of halogens is 5. The molecule has 3 aromatic rings. The zero-order valence-corrected chi connectivity index (χ0v) is 15.0. The van der Waals surface area contributed by atoms with Gasteiger partial charge in [0.1, 0.15) is 0 Å². The van der Waals surface area contributed by atoms with Gasteiger partial charge in [0.25, 0.3) is 0 Å². The Labute approximate surface area is 159 Å². The SMILES string of the molecule is O=C(CSc1nc2ncc(Cl)cc2[nH]1)Nc1ccc(Cl)c(C(F)(F)F)c1. The number of nitrogens with zero attached hydrogens (tertiary/aromatic N) is 2. The van der Waals surface area contributed by atoms with Crippen molar-refractivity contribution in [2.45, 2.75) is 11.3 Å². The van der Waals surface area contributed by atoms with Gasteiger partial charge in [-0.25, -0.2) is 9.97 Å². The largest absolute Gasteiger partial charge is 0.417 e. The first kappa shape index (κ1) is 18.8. The first-order valence-electron chi connectivity index (χ1n) is 7.03. The summed E-state index contributed by atoms with van der Waals surface area (Å²) in [6.45, 7) is 0. The Kier molecular flexibility index (Phi) is 5.31. The van der Waals surface area contributed by atoms with Crippen LogP contribution in [-0.2, 0) is 11.0 Å². The van der Waals surface area contributed by atoms with Crippen LogP contribution in [0.3, 0.4) is 0 Å². The number of rotatable bonds is 4. The van der Waals surface area contributed by atoms with Crippen molar-refractivity contribution in [1.82, 2.24) is 15.0 Å². The number of imidazole rings is 1. The van der Waals surface area contributed by atoms with Crippen LogP contribution in [0.1, 0.15) is 5.56 Å². The fourth-order valence-corrected chi connectivity index (χ4v) is 3.13. The summed E-state index contributed by atoms with van der Waals surface area (Å²) in [7, 11) is 0. The lowest BCUT2D eigenvalue weighted by Gasteiger charge is -2.11. The van der Waals surface area contributed by atoms with E-state index in [0.29, 0.717) is 21.3 Å². The molecule has 0 aliphatic carbocycles. The Morgan fingerprint density at radius 1 is 1.27 bits per heavy atom. The van der Waals surface area contributed by atoms with E-state index in [1.165, 1.54) is 12.3 Å². The Bertz CT molecular complexity index is 977. The molecule has 26 heavy (non-hydrogen) atoms. The highest BCUT2D eigenvalue weighted by Crippen LogP contribution is 2.36. The average molecular weight is 421 g/mol. The summed E-state index contributed by atoms with van der Waals surface area (Å²) in [5, 5.41) is 2.85. The monoisotopic (exact) mass is 420 g/mol. The van der Waals surface area contributed by atoms with Gasteiger partial charge < -0.3 is 10.3 Å². The van der Waals surface area contributed by atoms with Crippen molar-refractivity contribution >= 4 is 57.7 Å². The number of amides is 1. The lowest BCUT2D eigenvalue weighted by molar-refractivity contribution is -0.137. The molecule has 136 valence electrons. The highest BCUT2D eigenvalue weighted by atomic mass is 35.5. The summed E-state index contributed by atoms with van der Waals surface area (Å²) in [6, 6.07) is 4.82. The molecule has 0 aliphatic heterocycles. The van der Waals surface area contributed by atoms with Crippen molar-refractivity contribution < 1.29 is 18.0 Å². The Morgan fingerprint density at radius 2 is 2.04 bits per heavy atom. The van der Waals surface area contributed by atoms with Crippen LogP contribution in [0.15, 0.2) is 35.6 Å². The molecule has 0 bridgehead atoms. The van der Waals surface area contributed by atoms with Gasteiger partial charge in [-0.1, -0.05) is 35.0 Å². The van der Waals surface area contributed by atoms with Crippen LogP contribution < -0.4 is 5.32 Å². The predicted molar refractivity (Wildman–Crippen MR) is 94.7 cm³/mol. The highest BCUT2D eigenvalue weighted by molar-refractivity contribution is 7.99. The van der Waals surface area contributed by atoms with Gasteiger partial charge in [0, 0.05) is 11.9 Å². The van der Waals surface area contributed by atoms with E-state index in [1.54, 1.807) is 6.07 Å². The first-order valence-corrected chi connectivity index (χ1v) is 8.77. The van der Waals surface area contributed by atoms with Crippen molar-refractivity contribution in [1.29, 1.82) is 0 Å². The minimum atomic E-state index is -4.60. The van der Waals surface area contributed by atoms with E-state index in [9.17, 15) is 18.0 Å². The van der Waals surface area contributed by atoms with Crippen molar-refractivity contribution in [2.75, 3.05) is 11.1 Å². The second-order valence-electron chi connectivity index (χ2n) is 5.10. The number of alkyl halides is 3. The number of thioether (sulfide) groups is 1. The molecule has 0 fully saturated rings. The standard InChI is InChI=1S/C15H9Cl2F3N4OS/c16-7-3-11-13(21-5-7)24-14(23-11)26-6-12(25)22-8-1-2-10(17)9(4-8)15(18,19)20/h1-5H,6H2,(H,22,25)(H,21,23,24). The van der Waals surface area contributed by atoms with Gasteiger partial charge in [-0.2, -0.15) is 13.2 Å². The number of benzene rings is 1. The maximum atomic E-state index is 12.8. The topological polar surface area (TPSA) is 70.7 Å². The molecule has 2 heterocycles. The fraction of sp³-hybridized carbons (Fsp3) is 0.133. The van der Waals surface area contributed by atoms with E-state index < -0.39 is 22.7 Å². The third-order valence-corrected chi connectivity index (χ3v) is 4.59. The number of pyridine rings is 1. The molecule has 2 aromatic heterocycles. The minimum absolute atomic E-state index is 0.00498. The number of aromatic nitrogens is 3. The van der Waals surface area contributed by atoms with Gasteiger partial charge in [-0.15, -0.1) is 0 Å². The van der Waals surface area contributed by atoms with Gasteiger partial charge in [0.15, 0.2) is 10.8 Å². The number of aromatic amines is 1. The summed E-state index contributed by atoms with van der Waals surface area (Å²) in [6.07, 6.45) is -3.15. The van der Waals surface area contributed by atoms with E-state index in [4.69, 9.17) is 23.2 Å². The van der Waals surface area contributed by atoms with Crippen molar-refractivity contribution in [3.8, 4) is 0 Å². The van der Waals surface area contributed by atoms with E-state index in [-0.39, 0.29) is 11.4 Å². The maximum absolute atomic E-state index is 12.8. The molecule has 5 nitrogen and oxygen atoms in total. The molecular formula is C15H9Cl2F3N4OS. The third kappa shape index (κ3) is 4.40. The molecule has 0 radical (unpaired) electrons. The van der Waals surface area contributed by atoms with E-state index in [0.717, 1.165) is 23.9 Å². The van der Waals surface area contributed by atoms with Gasteiger partial charge >= 0.3 is 6.18 Å². The number of fused-ring (bicyclic) bond motifs is 1. The molecule has 0 aliphatic rings. The summed E-state index contributed by atoms with van der Waals surface area (Å²) in [5.74, 6) is -0.547. The molecule has 11 heteroatoms. The third-order valence-electron chi connectivity index (χ3n) is 3.18. The molecule has 1 amide bonds. The highest BCUT2D eigenvalue weighted by Gasteiger charge is 2.33. The van der Waals surface area contributed by atoms with Crippen LogP contribution in [0, 0.1) is 0 Å². The van der Waals surface area contributed by atoms with Crippen LogP contribution in [0.4, 0.5) is 18.9 Å². The molecule has 2 N–H and O–H groups in total.